The normalized spacial score (nSPS) is 21.7. The first kappa shape index (κ1) is 4.96. The van der Waals surface area contributed by atoms with Crippen LogP contribution in [0.5, 0.6) is 0 Å². The van der Waals surface area contributed by atoms with Crippen LogP contribution in [-0.4, -0.2) is 4.52 Å². The summed E-state index contributed by atoms with van der Waals surface area (Å²) in [5, 5.41) is 0. The van der Waals surface area contributed by atoms with E-state index in [1.165, 1.54) is 21.4 Å². The molecule has 1 aliphatic rings. The van der Waals surface area contributed by atoms with Crippen LogP contribution < -0.4 is 11.3 Å². The number of hydrogen-bond donors (Lipinski definition) is 2. The van der Waals surface area contributed by atoms with Gasteiger partial charge in [-0.15, -0.1) is 0 Å². The van der Waals surface area contributed by atoms with E-state index >= 15 is 0 Å². The van der Waals surface area contributed by atoms with Crippen LogP contribution in [0.3, 0.4) is 0 Å². The zero-order valence-corrected chi connectivity index (χ0v) is 4.83. The summed E-state index contributed by atoms with van der Waals surface area (Å²) in [6.07, 6.45) is 1.85. The van der Waals surface area contributed by atoms with Crippen molar-refractivity contribution >= 4 is 11.9 Å². The molecule has 4 heteroatoms. The van der Waals surface area contributed by atoms with Crippen molar-refractivity contribution in [1.29, 1.82) is 0 Å². The molecule has 0 spiro atoms. The first-order valence-electron chi connectivity index (χ1n) is 1.95. The molecule has 0 aromatic carbocycles. The van der Waals surface area contributed by atoms with E-state index in [4.69, 9.17) is 5.84 Å². The molecule has 3 nitrogen and oxygen atoms in total. The predicted molar refractivity (Wildman–Crippen MR) is 30.5 cm³/mol. The molecule has 0 aromatic heterocycles. The van der Waals surface area contributed by atoms with Crippen LogP contribution in [0.4, 0.5) is 0 Å². The maximum absolute atomic E-state index is 5.26. The Hall–Kier alpha value is -0.190. The Bertz CT molecular complexity index is 100. The Balaban J connectivity index is 2.42. The van der Waals surface area contributed by atoms with Crippen molar-refractivity contribution in [2.75, 3.05) is 0 Å². The fourth-order valence-electron chi connectivity index (χ4n) is 0.362. The summed E-state index contributed by atoms with van der Waals surface area (Å²) >= 11 is 1.48. The van der Waals surface area contributed by atoms with Gasteiger partial charge in [0.15, 0.2) is 0 Å². The first-order valence-corrected chi connectivity index (χ1v) is 2.72. The molecular formula is C3H7N3S. The third-order valence-electron chi connectivity index (χ3n) is 0.637. The van der Waals surface area contributed by atoms with E-state index in [1.54, 1.807) is 0 Å². The van der Waals surface area contributed by atoms with Gasteiger partial charge >= 0.3 is 0 Å². The molecule has 40 valence electrons. The number of nitrogens with one attached hydrogen (secondary N) is 1. The number of rotatable bonds is 0. The highest BCUT2D eigenvalue weighted by Crippen LogP contribution is 2.18. The van der Waals surface area contributed by atoms with E-state index in [-0.39, 0.29) is 0 Å². The second-order valence-electron chi connectivity index (χ2n) is 1.30. The van der Waals surface area contributed by atoms with Gasteiger partial charge in [-0.2, -0.15) is 0 Å². The van der Waals surface area contributed by atoms with Crippen molar-refractivity contribution in [3.8, 4) is 0 Å². The summed E-state index contributed by atoms with van der Waals surface area (Å²) in [7, 11) is 0. The number of allylic oxidation sites excluding steroid dienone is 1. The maximum atomic E-state index is 5.26. The average Bonchev–Trinajstić information content (AvgIpc) is 1.87. The van der Waals surface area contributed by atoms with Crippen LogP contribution >= 0.6 is 11.9 Å². The molecule has 0 aliphatic carbocycles. The van der Waals surface area contributed by atoms with Gasteiger partial charge < -0.3 is 5.43 Å². The third kappa shape index (κ3) is 1.09. The van der Waals surface area contributed by atoms with Gasteiger partial charge in [-0.05, 0) is 18.9 Å². The van der Waals surface area contributed by atoms with Gasteiger partial charge in [0, 0.05) is 11.1 Å². The van der Waals surface area contributed by atoms with Gasteiger partial charge in [-0.3, -0.25) is 0 Å². The second kappa shape index (κ2) is 1.73. The number of nitrogens with zero attached hydrogens (tertiary/aromatic N) is 1. The molecule has 0 amide bonds. The highest BCUT2D eigenvalue weighted by atomic mass is 32.2. The van der Waals surface area contributed by atoms with Gasteiger partial charge in [0.1, 0.15) is 0 Å². The minimum Gasteiger partial charge on any atom is -0.302 e. The molecule has 1 aliphatic heterocycles. The van der Waals surface area contributed by atoms with E-state index in [1.807, 2.05) is 13.1 Å². The Morgan fingerprint density at radius 1 is 2.00 bits per heavy atom. The van der Waals surface area contributed by atoms with Crippen LogP contribution in [0, 0.1) is 0 Å². The first-order chi connectivity index (χ1) is 3.29. The van der Waals surface area contributed by atoms with Crippen LogP contribution in [0.2, 0.25) is 0 Å². The molecule has 0 saturated carbocycles. The van der Waals surface area contributed by atoms with Crippen molar-refractivity contribution in [3.05, 3.63) is 11.1 Å². The van der Waals surface area contributed by atoms with Crippen molar-refractivity contribution in [3.63, 3.8) is 0 Å². The average molecular weight is 117 g/mol. The summed E-state index contributed by atoms with van der Waals surface area (Å²) in [6.45, 7) is 1.99. The molecule has 0 radical (unpaired) electrons. The quantitative estimate of drug-likeness (QED) is 0.351. The Labute approximate surface area is 46.6 Å². The largest absolute Gasteiger partial charge is 0.302 e. The lowest BCUT2D eigenvalue weighted by Gasteiger charge is -2.03. The highest BCUT2D eigenvalue weighted by molar-refractivity contribution is 8.00. The zero-order chi connectivity index (χ0) is 5.28. The fourth-order valence-corrected chi connectivity index (χ4v) is 0.883. The zero-order valence-electron chi connectivity index (χ0n) is 4.01. The van der Waals surface area contributed by atoms with Gasteiger partial charge in [-0.1, -0.05) is 4.52 Å². The summed E-state index contributed by atoms with van der Waals surface area (Å²) in [4.78, 5) is 1.18. The number of hydrogen-bond acceptors (Lipinski definition) is 4. The van der Waals surface area contributed by atoms with Crippen molar-refractivity contribution in [1.82, 2.24) is 9.95 Å². The number of hydrazine groups is 2. The van der Waals surface area contributed by atoms with Crippen LogP contribution in [-0.2, 0) is 0 Å². The molecule has 1 heterocycles. The van der Waals surface area contributed by atoms with Gasteiger partial charge in [0.05, 0.1) is 0 Å². The third-order valence-corrected chi connectivity index (χ3v) is 1.35. The van der Waals surface area contributed by atoms with E-state index in [2.05, 4.69) is 5.43 Å². The summed E-state index contributed by atoms with van der Waals surface area (Å²) < 4.78 is 1.45. The molecule has 3 N–H and O–H groups in total. The molecule has 7 heavy (non-hydrogen) atoms. The van der Waals surface area contributed by atoms with E-state index in [9.17, 15) is 0 Å². The predicted octanol–water partition coefficient (Wildman–Crippen LogP) is 0.190. The van der Waals surface area contributed by atoms with Crippen molar-refractivity contribution in [2.45, 2.75) is 6.92 Å². The molecular weight excluding hydrogens is 110 g/mol. The van der Waals surface area contributed by atoms with Crippen molar-refractivity contribution < 1.29 is 0 Å². The van der Waals surface area contributed by atoms with E-state index < -0.39 is 0 Å². The molecule has 0 fully saturated rings. The molecule has 0 atom stereocenters. The fraction of sp³-hybridized carbons (Fsp3) is 0.333. The van der Waals surface area contributed by atoms with E-state index in [0.717, 1.165) is 0 Å². The molecule has 1 rings (SSSR count). The number of nitrogens with two attached hydrogens (primary N) is 1. The smallest absolute Gasteiger partial charge is 0.0257 e. The summed E-state index contributed by atoms with van der Waals surface area (Å²) in [5.74, 6) is 5.26. The van der Waals surface area contributed by atoms with Gasteiger partial charge in [0.25, 0.3) is 0 Å². The van der Waals surface area contributed by atoms with Gasteiger partial charge in [-0.25, -0.2) is 5.84 Å². The molecule has 0 bridgehead atoms. The van der Waals surface area contributed by atoms with E-state index in [0.29, 0.717) is 0 Å². The summed E-state index contributed by atoms with van der Waals surface area (Å²) in [5.41, 5.74) is 2.78. The van der Waals surface area contributed by atoms with Crippen LogP contribution in [0.1, 0.15) is 6.92 Å². The lowest BCUT2D eigenvalue weighted by atomic mass is 10.7. The van der Waals surface area contributed by atoms with Crippen LogP contribution in [0.15, 0.2) is 11.1 Å². The highest BCUT2D eigenvalue weighted by Gasteiger charge is 2.03. The molecule has 0 aromatic rings. The van der Waals surface area contributed by atoms with Crippen molar-refractivity contribution in [2.24, 2.45) is 5.84 Å². The Morgan fingerprint density at radius 3 is 2.86 bits per heavy atom. The lowest BCUT2D eigenvalue weighted by Crippen LogP contribution is -2.30. The minimum atomic E-state index is 1.18. The van der Waals surface area contributed by atoms with Crippen LogP contribution in [0.25, 0.3) is 0 Å². The monoisotopic (exact) mass is 117 g/mol. The summed E-state index contributed by atoms with van der Waals surface area (Å²) in [6, 6.07) is 0. The maximum Gasteiger partial charge on any atom is 0.0257 e. The lowest BCUT2D eigenvalue weighted by molar-refractivity contribution is 0.440. The van der Waals surface area contributed by atoms with Gasteiger partial charge in [0.2, 0.25) is 0 Å². The molecule has 0 unspecified atom stereocenters. The molecule has 0 saturated heterocycles. The SMILES string of the molecule is CC1=CNN(N)S1. The second-order valence-corrected chi connectivity index (χ2v) is 2.52. The Kier molecular flexibility index (Phi) is 1.23. The Morgan fingerprint density at radius 2 is 2.71 bits per heavy atom. The topological polar surface area (TPSA) is 41.3 Å². The standard InChI is InChI=1S/C3H7N3S/c1-3-2-5-6(4)7-3/h2,5H,4H2,1H3. The minimum absolute atomic E-state index is 1.18.